The Balaban J connectivity index is 1.57. The number of fused-ring (bicyclic) bond motifs is 2. The van der Waals surface area contributed by atoms with Crippen molar-refractivity contribution in [1.29, 1.82) is 0 Å². The molecule has 1 amide bonds. The molecular weight excluding hydrogens is 334 g/mol. The van der Waals surface area contributed by atoms with Crippen LogP contribution in [0.2, 0.25) is 0 Å². The van der Waals surface area contributed by atoms with Crippen LogP contribution < -0.4 is 0 Å². The zero-order chi connectivity index (χ0) is 18.5. The molecule has 1 saturated heterocycles. The van der Waals surface area contributed by atoms with E-state index in [4.69, 9.17) is 0 Å². The summed E-state index contributed by atoms with van der Waals surface area (Å²) in [5.41, 5.74) is -1.86. The highest BCUT2D eigenvalue weighted by atomic mass is 16.4. The summed E-state index contributed by atoms with van der Waals surface area (Å²) in [5, 5.41) is 21.3. The van der Waals surface area contributed by atoms with Gasteiger partial charge in [0.25, 0.3) is 0 Å². The molecule has 2 fully saturated rings. The van der Waals surface area contributed by atoms with Crippen LogP contribution in [0.1, 0.15) is 18.4 Å². The average Bonchev–Trinajstić information content (AvgIpc) is 2.84. The number of amides is 1. The molecule has 134 valence electrons. The summed E-state index contributed by atoms with van der Waals surface area (Å²) in [6.45, 7) is -0.0535. The third kappa shape index (κ3) is 2.14. The van der Waals surface area contributed by atoms with Crippen molar-refractivity contribution in [1.82, 2.24) is 4.90 Å². The SMILES string of the molecule is O=C(Cc1ccc2ccccc2c1)N1CC2(C(=O)O)CCC2(C(=O)O)C1. The summed E-state index contributed by atoms with van der Waals surface area (Å²) in [7, 11) is 0. The topological polar surface area (TPSA) is 94.9 Å². The van der Waals surface area contributed by atoms with E-state index in [1.807, 2.05) is 42.5 Å². The van der Waals surface area contributed by atoms with E-state index in [-0.39, 0.29) is 25.4 Å². The van der Waals surface area contributed by atoms with Gasteiger partial charge in [-0.1, -0.05) is 42.5 Å². The molecule has 2 N–H and O–H groups in total. The number of aliphatic carboxylic acids is 2. The van der Waals surface area contributed by atoms with Gasteiger partial charge in [-0.15, -0.1) is 0 Å². The first-order valence-corrected chi connectivity index (χ1v) is 8.60. The van der Waals surface area contributed by atoms with Crippen LogP contribution in [-0.4, -0.2) is 46.0 Å². The minimum atomic E-state index is -1.35. The van der Waals surface area contributed by atoms with Crippen LogP contribution in [0.15, 0.2) is 42.5 Å². The Morgan fingerprint density at radius 1 is 0.885 bits per heavy atom. The predicted molar refractivity (Wildman–Crippen MR) is 93.6 cm³/mol. The summed E-state index contributed by atoms with van der Waals surface area (Å²) >= 11 is 0. The largest absolute Gasteiger partial charge is 0.481 e. The van der Waals surface area contributed by atoms with Crippen LogP contribution >= 0.6 is 0 Å². The van der Waals surface area contributed by atoms with Crippen molar-refractivity contribution in [2.24, 2.45) is 10.8 Å². The van der Waals surface area contributed by atoms with E-state index in [9.17, 15) is 24.6 Å². The van der Waals surface area contributed by atoms with E-state index < -0.39 is 22.8 Å². The van der Waals surface area contributed by atoms with Gasteiger partial charge in [0.15, 0.2) is 0 Å². The minimum absolute atomic E-state index is 0.0267. The molecule has 1 heterocycles. The Kier molecular flexibility index (Phi) is 3.54. The first-order valence-electron chi connectivity index (χ1n) is 8.60. The number of carbonyl (C=O) groups is 3. The van der Waals surface area contributed by atoms with Crippen molar-refractivity contribution in [3.63, 3.8) is 0 Å². The van der Waals surface area contributed by atoms with Crippen LogP contribution in [0.5, 0.6) is 0 Å². The number of benzene rings is 2. The third-order valence-corrected chi connectivity index (χ3v) is 6.16. The van der Waals surface area contributed by atoms with Gasteiger partial charge >= 0.3 is 11.9 Å². The lowest BCUT2D eigenvalue weighted by atomic mass is 9.51. The van der Waals surface area contributed by atoms with E-state index in [0.717, 1.165) is 16.3 Å². The lowest BCUT2D eigenvalue weighted by molar-refractivity contribution is -0.183. The van der Waals surface area contributed by atoms with E-state index in [2.05, 4.69) is 0 Å². The fourth-order valence-electron chi connectivity index (χ4n) is 4.47. The lowest BCUT2D eigenvalue weighted by Gasteiger charge is -2.47. The highest BCUT2D eigenvalue weighted by Gasteiger charge is 2.73. The average molecular weight is 353 g/mol. The standard InChI is InChI=1S/C20H19NO5/c22-16(10-13-5-6-14-3-1-2-4-15(14)9-13)21-11-19(17(23)24)7-8-20(19,12-21)18(25)26/h1-6,9H,7-8,10-12H2,(H,23,24)(H,25,26). The molecule has 26 heavy (non-hydrogen) atoms. The zero-order valence-corrected chi connectivity index (χ0v) is 14.1. The molecule has 0 spiro atoms. The Morgan fingerprint density at radius 3 is 2.00 bits per heavy atom. The van der Waals surface area contributed by atoms with E-state index in [1.54, 1.807) is 0 Å². The Hall–Kier alpha value is -2.89. The van der Waals surface area contributed by atoms with Gasteiger partial charge in [-0.25, -0.2) is 0 Å². The zero-order valence-electron chi connectivity index (χ0n) is 14.1. The molecule has 0 bridgehead atoms. The molecule has 6 heteroatoms. The number of carboxylic acid groups (broad SMARTS) is 2. The van der Waals surface area contributed by atoms with E-state index in [1.165, 1.54) is 4.90 Å². The number of likely N-dealkylation sites (tertiary alicyclic amines) is 1. The molecule has 1 saturated carbocycles. The molecule has 0 aromatic heterocycles. The molecule has 0 radical (unpaired) electrons. The number of carboxylic acids is 2. The van der Waals surface area contributed by atoms with Crippen LogP contribution in [0.3, 0.4) is 0 Å². The lowest BCUT2D eigenvalue weighted by Crippen LogP contribution is -2.59. The van der Waals surface area contributed by atoms with Gasteiger partial charge in [0, 0.05) is 13.1 Å². The second-order valence-corrected chi connectivity index (χ2v) is 7.38. The number of carbonyl (C=O) groups excluding carboxylic acids is 1. The smallest absolute Gasteiger partial charge is 0.312 e. The maximum absolute atomic E-state index is 12.7. The summed E-state index contributed by atoms with van der Waals surface area (Å²) in [4.78, 5) is 37.7. The van der Waals surface area contributed by atoms with E-state index in [0.29, 0.717) is 12.8 Å². The van der Waals surface area contributed by atoms with Gasteiger partial charge in [0.2, 0.25) is 5.91 Å². The summed E-state index contributed by atoms with van der Waals surface area (Å²) in [5.74, 6) is -2.46. The molecule has 6 nitrogen and oxygen atoms in total. The molecule has 2 aromatic carbocycles. The van der Waals surface area contributed by atoms with Gasteiger partial charge in [0.1, 0.15) is 10.8 Å². The number of hydrogen-bond acceptors (Lipinski definition) is 3. The van der Waals surface area contributed by atoms with Crippen LogP contribution in [-0.2, 0) is 20.8 Å². The molecule has 4 rings (SSSR count). The number of rotatable bonds is 4. The second-order valence-electron chi connectivity index (χ2n) is 7.38. The van der Waals surface area contributed by atoms with Crippen molar-refractivity contribution in [2.75, 3.05) is 13.1 Å². The summed E-state index contributed by atoms with van der Waals surface area (Å²) in [6, 6.07) is 13.6. The predicted octanol–water partition coefficient (Wildman–Crippen LogP) is 2.16. The summed E-state index contributed by atoms with van der Waals surface area (Å²) in [6.07, 6.45) is 0.735. The molecule has 2 atom stereocenters. The molecule has 2 unspecified atom stereocenters. The normalized spacial score (nSPS) is 27.0. The highest BCUT2D eigenvalue weighted by molar-refractivity contribution is 5.93. The Bertz CT molecular complexity index is 909. The van der Waals surface area contributed by atoms with Crippen molar-refractivity contribution < 1.29 is 24.6 Å². The van der Waals surface area contributed by atoms with Gasteiger partial charge in [-0.05, 0) is 29.2 Å². The molecule has 1 aliphatic carbocycles. The molecular formula is C20H19NO5. The monoisotopic (exact) mass is 353 g/mol. The maximum Gasteiger partial charge on any atom is 0.312 e. The fraction of sp³-hybridized carbons (Fsp3) is 0.350. The second kappa shape index (κ2) is 5.56. The summed E-state index contributed by atoms with van der Waals surface area (Å²) < 4.78 is 0. The van der Waals surface area contributed by atoms with Crippen molar-refractivity contribution in [3.05, 3.63) is 48.0 Å². The first-order chi connectivity index (χ1) is 12.4. The van der Waals surface area contributed by atoms with Crippen LogP contribution in [0.25, 0.3) is 10.8 Å². The highest BCUT2D eigenvalue weighted by Crippen LogP contribution is 2.61. The molecule has 2 aromatic rings. The van der Waals surface area contributed by atoms with Crippen molar-refractivity contribution in [3.8, 4) is 0 Å². The van der Waals surface area contributed by atoms with Crippen molar-refractivity contribution in [2.45, 2.75) is 19.3 Å². The van der Waals surface area contributed by atoms with Crippen LogP contribution in [0, 0.1) is 10.8 Å². The van der Waals surface area contributed by atoms with Gasteiger partial charge < -0.3 is 15.1 Å². The quantitative estimate of drug-likeness (QED) is 0.878. The number of nitrogens with zero attached hydrogens (tertiary/aromatic N) is 1. The molecule has 2 aliphatic rings. The maximum atomic E-state index is 12.7. The van der Waals surface area contributed by atoms with E-state index >= 15 is 0 Å². The van der Waals surface area contributed by atoms with Gasteiger partial charge in [-0.3, -0.25) is 14.4 Å². The Labute approximate surface area is 150 Å². The third-order valence-electron chi connectivity index (χ3n) is 6.16. The fourth-order valence-corrected chi connectivity index (χ4v) is 4.47. The van der Waals surface area contributed by atoms with Crippen LogP contribution in [0.4, 0.5) is 0 Å². The van der Waals surface area contributed by atoms with Gasteiger partial charge in [0.05, 0.1) is 6.42 Å². The minimum Gasteiger partial charge on any atom is -0.481 e. The van der Waals surface area contributed by atoms with Gasteiger partial charge in [-0.2, -0.15) is 0 Å². The first kappa shape index (κ1) is 16.6. The van der Waals surface area contributed by atoms with Crippen molar-refractivity contribution >= 4 is 28.6 Å². The Morgan fingerprint density at radius 2 is 1.46 bits per heavy atom. The number of hydrogen-bond donors (Lipinski definition) is 2. The molecule has 1 aliphatic heterocycles.